The second-order valence-corrected chi connectivity index (χ2v) is 5.43. The largest absolute Gasteiger partial charge is 0.491 e. The van der Waals surface area contributed by atoms with Gasteiger partial charge in [-0.3, -0.25) is 0 Å². The van der Waals surface area contributed by atoms with E-state index in [-0.39, 0.29) is 6.10 Å². The first-order valence-corrected chi connectivity index (χ1v) is 6.96. The maximum atomic E-state index is 12.2. The lowest BCUT2D eigenvalue weighted by Crippen LogP contribution is -2.30. The van der Waals surface area contributed by atoms with Gasteiger partial charge in [0, 0.05) is 0 Å². The van der Waals surface area contributed by atoms with E-state index in [4.69, 9.17) is 9.47 Å². The van der Waals surface area contributed by atoms with Crippen molar-refractivity contribution in [3.63, 3.8) is 0 Å². The molecule has 0 aromatic heterocycles. The van der Waals surface area contributed by atoms with Crippen LogP contribution in [0.25, 0.3) is 0 Å². The van der Waals surface area contributed by atoms with Gasteiger partial charge in [0.15, 0.2) is 5.41 Å². The van der Waals surface area contributed by atoms with Gasteiger partial charge in [-0.2, -0.15) is 5.26 Å². The highest BCUT2D eigenvalue weighted by Crippen LogP contribution is 2.38. The van der Waals surface area contributed by atoms with Crippen molar-refractivity contribution in [1.82, 2.24) is 0 Å². The lowest BCUT2D eigenvalue weighted by molar-refractivity contribution is -0.142. The number of hydrogen-bond acceptors (Lipinski definition) is 4. The van der Waals surface area contributed by atoms with Crippen molar-refractivity contribution >= 4 is 5.97 Å². The number of nitriles is 1. The molecule has 1 aromatic carbocycles. The summed E-state index contributed by atoms with van der Waals surface area (Å²) in [5, 5.41) is 9.24. The van der Waals surface area contributed by atoms with Crippen LogP contribution in [0, 0.1) is 16.7 Å². The van der Waals surface area contributed by atoms with E-state index in [9.17, 15) is 10.1 Å². The van der Waals surface area contributed by atoms with Gasteiger partial charge in [0.25, 0.3) is 0 Å². The molecule has 4 nitrogen and oxygen atoms in total. The molecule has 1 aliphatic carbocycles. The third-order valence-corrected chi connectivity index (χ3v) is 3.47. The van der Waals surface area contributed by atoms with Crippen molar-refractivity contribution in [1.29, 1.82) is 5.26 Å². The Kier molecular flexibility index (Phi) is 4.29. The smallest absolute Gasteiger partial charge is 0.331 e. The summed E-state index contributed by atoms with van der Waals surface area (Å²) in [6.07, 6.45) is 3.10. The average molecular weight is 273 g/mol. The molecule has 106 valence electrons. The lowest BCUT2D eigenvalue weighted by atomic mass is 9.88. The Bertz CT molecular complexity index is 508. The molecule has 0 aliphatic heterocycles. The highest BCUT2D eigenvalue weighted by Gasteiger charge is 2.43. The molecule has 0 heterocycles. The zero-order chi connectivity index (χ0) is 14.6. The molecule has 0 radical (unpaired) electrons. The van der Waals surface area contributed by atoms with Crippen LogP contribution in [0.4, 0.5) is 0 Å². The Morgan fingerprint density at radius 2 is 1.75 bits per heavy atom. The second-order valence-electron chi connectivity index (χ2n) is 5.43. The summed E-state index contributed by atoms with van der Waals surface area (Å²) in [6.45, 7) is 3.90. The third-order valence-electron chi connectivity index (χ3n) is 3.47. The molecule has 0 amide bonds. The topological polar surface area (TPSA) is 59.3 Å². The molecule has 4 heteroatoms. The van der Waals surface area contributed by atoms with Gasteiger partial charge in [0.1, 0.15) is 11.5 Å². The van der Waals surface area contributed by atoms with Crippen molar-refractivity contribution in [2.75, 3.05) is 0 Å². The first kappa shape index (κ1) is 14.4. The molecular formula is C16H19NO3. The molecule has 1 saturated carbocycles. The first-order chi connectivity index (χ1) is 9.55. The van der Waals surface area contributed by atoms with Gasteiger partial charge < -0.3 is 9.47 Å². The van der Waals surface area contributed by atoms with E-state index in [0.29, 0.717) is 18.6 Å². The van der Waals surface area contributed by atoms with Crippen LogP contribution in [-0.4, -0.2) is 12.1 Å². The van der Waals surface area contributed by atoms with Crippen molar-refractivity contribution in [2.45, 2.75) is 45.6 Å². The Hall–Kier alpha value is -2.02. The molecule has 2 rings (SSSR count). The van der Waals surface area contributed by atoms with Crippen LogP contribution in [0.3, 0.4) is 0 Å². The summed E-state index contributed by atoms with van der Waals surface area (Å²) in [5.41, 5.74) is -0.951. The van der Waals surface area contributed by atoms with Gasteiger partial charge in [-0.15, -0.1) is 0 Å². The van der Waals surface area contributed by atoms with E-state index in [1.807, 2.05) is 13.8 Å². The fourth-order valence-corrected chi connectivity index (χ4v) is 2.40. The van der Waals surface area contributed by atoms with Gasteiger partial charge >= 0.3 is 5.97 Å². The average Bonchev–Trinajstić information content (AvgIpc) is 2.90. The van der Waals surface area contributed by atoms with E-state index in [1.54, 1.807) is 24.3 Å². The van der Waals surface area contributed by atoms with Crippen LogP contribution in [0.2, 0.25) is 0 Å². The Morgan fingerprint density at radius 3 is 2.25 bits per heavy atom. The molecular weight excluding hydrogens is 254 g/mol. The van der Waals surface area contributed by atoms with Crippen molar-refractivity contribution in [3.8, 4) is 17.6 Å². The summed E-state index contributed by atoms with van der Waals surface area (Å²) in [4.78, 5) is 12.2. The molecule has 0 bridgehead atoms. The van der Waals surface area contributed by atoms with Crippen molar-refractivity contribution in [2.24, 2.45) is 5.41 Å². The molecule has 0 atom stereocenters. The minimum absolute atomic E-state index is 0.101. The summed E-state index contributed by atoms with van der Waals surface area (Å²) in [5.74, 6) is 0.748. The SMILES string of the molecule is CC(C)Oc1ccc(OC(=O)C2(C#N)CCCC2)cc1. The molecule has 0 spiro atoms. The van der Waals surface area contributed by atoms with Crippen LogP contribution >= 0.6 is 0 Å². The quantitative estimate of drug-likeness (QED) is 0.622. The van der Waals surface area contributed by atoms with Gasteiger partial charge in [-0.05, 0) is 51.0 Å². The summed E-state index contributed by atoms with van der Waals surface area (Å²) >= 11 is 0. The number of rotatable bonds is 4. The summed E-state index contributed by atoms with van der Waals surface area (Å²) in [7, 11) is 0. The van der Waals surface area contributed by atoms with Crippen LogP contribution in [0.1, 0.15) is 39.5 Å². The number of nitrogens with zero attached hydrogens (tertiary/aromatic N) is 1. The highest BCUT2D eigenvalue weighted by molar-refractivity contribution is 5.82. The first-order valence-electron chi connectivity index (χ1n) is 6.96. The summed E-state index contributed by atoms with van der Waals surface area (Å²) < 4.78 is 10.9. The summed E-state index contributed by atoms with van der Waals surface area (Å²) in [6, 6.07) is 9.04. The van der Waals surface area contributed by atoms with E-state index >= 15 is 0 Å². The molecule has 0 N–H and O–H groups in total. The van der Waals surface area contributed by atoms with E-state index in [2.05, 4.69) is 6.07 Å². The minimum Gasteiger partial charge on any atom is -0.491 e. The molecule has 20 heavy (non-hydrogen) atoms. The fourth-order valence-electron chi connectivity index (χ4n) is 2.40. The maximum absolute atomic E-state index is 12.2. The van der Waals surface area contributed by atoms with Crippen molar-refractivity contribution < 1.29 is 14.3 Å². The molecule has 1 aromatic rings. The minimum atomic E-state index is -0.951. The molecule has 0 saturated heterocycles. The standard InChI is InChI=1S/C16H19NO3/c1-12(2)19-13-5-7-14(8-6-13)20-15(18)16(11-17)9-3-4-10-16/h5-8,12H,3-4,9-10H2,1-2H3. The lowest BCUT2D eigenvalue weighted by Gasteiger charge is -2.18. The van der Waals surface area contributed by atoms with Gasteiger partial charge in [-0.1, -0.05) is 12.8 Å². The zero-order valence-electron chi connectivity index (χ0n) is 11.9. The fraction of sp³-hybridized carbons (Fsp3) is 0.500. The van der Waals surface area contributed by atoms with Crippen molar-refractivity contribution in [3.05, 3.63) is 24.3 Å². The van der Waals surface area contributed by atoms with Crippen LogP contribution in [0.15, 0.2) is 24.3 Å². The van der Waals surface area contributed by atoms with E-state index in [0.717, 1.165) is 18.6 Å². The Labute approximate surface area is 119 Å². The molecule has 0 unspecified atom stereocenters. The number of esters is 1. The van der Waals surface area contributed by atoms with Gasteiger partial charge in [0.2, 0.25) is 0 Å². The van der Waals surface area contributed by atoms with E-state index < -0.39 is 11.4 Å². The monoisotopic (exact) mass is 273 g/mol. The van der Waals surface area contributed by atoms with Crippen LogP contribution in [0.5, 0.6) is 11.5 Å². The third kappa shape index (κ3) is 3.11. The van der Waals surface area contributed by atoms with E-state index in [1.165, 1.54) is 0 Å². The molecule has 1 fully saturated rings. The number of benzene rings is 1. The maximum Gasteiger partial charge on any atom is 0.331 e. The van der Waals surface area contributed by atoms with Crippen LogP contribution in [-0.2, 0) is 4.79 Å². The Morgan fingerprint density at radius 1 is 1.20 bits per heavy atom. The Balaban J connectivity index is 2.03. The number of carbonyl (C=O) groups is 1. The predicted molar refractivity (Wildman–Crippen MR) is 74.4 cm³/mol. The number of carbonyl (C=O) groups excluding carboxylic acids is 1. The second kappa shape index (κ2) is 5.96. The van der Waals surface area contributed by atoms with Gasteiger partial charge in [-0.25, -0.2) is 4.79 Å². The number of ether oxygens (including phenoxy) is 2. The van der Waals surface area contributed by atoms with Crippen LogP contribution < -0.4 is 9.47 Å². The number of hydrogen-bond donors (Lipinski definition) is 0. The molecule has 1 aliphatic rings. The predicted octanol–water partition coefficient (Wildman–Crippen LogP) is 3.46. The van der Waals surface area contributed by atoms with Gasteiger partial charge in [0.05, 0.1) is 12.2 Å². The normalized spacial score (nSPS) is 16.7. The zero-order valence-corrected chi connectivity index (χ0v) is 11.9. The highest BCUT2D eigenvalue weighted by atomic mass is 16.5.